The van der Waals surface area contributed by atoms with E-state index in [4.69, 9.17) is 10.7 Å². The van der Waals surface area contributed by atoms with Gasteiger partial charge in [0, 0.05) is 31.6 Å². The Labute approximate surface area is 176 Å². The van der Waals surface area contributed by atoms with E-state index in [1.54, 1.807) is 11.3 Å². The number of benzene rings is 1. The molecule has 2 atom stereocenters. The average Bonchev–Trinajstić information content (AvgIpc) is 3.22. The van der Waals surface area contributed by atoms with Crippen molar-refractivity contribution in [1.82, 2.24) is 10.3 Å². The first-order valence-electron chi connectivity index (χ1n) is 9.34. The number of carbonyl (C=O) groups is 1. The fourth-order valence-corrected chi connectivity index (χ4v) is 5.07. The van der Waals surface area contributed by atoms with Gasteiger partial charge in [-0.05, 0) is 43.7 Å². The number of nitrogens with zero attached hydrogens (tertiary/aromatic N) is 2. The van der Waals surface area contributed by atoms with Gasteiger partial charge in [0.25, 0.3) is 0 Å². The van der Waals surface area contributed by atoms with Crippen molar-refractivity contribution in [2.24, 2.45) is 11.7 Å². The van der Waals surface area contributed by atoms with E-state index in [0.717, 1.165) is 49.4 Å². The highest BCUT2D eigenvalue weighted by Gasteiger charge is 2.28. The highest BCUT2D eigenvalue weighted by molar-refractivity contribution is 7.22. The molecule has 1 saturated carbocycles. The molecule has 2 fully saturated rings. The van der Waals surface area contributed by atoms with Crippen molar-refractivity contribution in [2.45, 2.75) is 50.6 Å². The quantitative estimate of drug-likeness (QED) is 0.774. The van der Waals surface area contributed by atoms with Crippen LogP contribution in [-0.2, 0) is 4.79 Å². The van der Waals surface area contributed by atoms with Crippen LogP contribution in [0.2, 0.25) is 0 Å². The van der Waals surface area contributed by atoms with Crippen molar-refractivity contribution in [1.29, 1.82) is 0 Å². The smallest absolute Gasteiger partial charge is 0.220 e. The zero-order valence-electron chi connectivity index (χ0n) is 15.3. The molecule has 2 aromatic rings. The number of halogens is 2. The van der Waals surface area contributed by atoms with Crippen LogP contribution in [0.3, 0.4) is 0 Å². The Bertz CT molecular complexity index is 715. The number of para-hydroxylation sites is 1. The highest BCUT2D eigenvalue weighted by Crippen LogP contribution is 2.30. The summed E-state index contributed by atoms with van der Waals surface area (Å²) in [5, 5.41) is 4.33. The molecule has 4 rings (SSSR count). The van der Waals surface area contributed by atoms with E-state index in [-0.39, 0.29) is 42.8 Å². The van der Waals surface area contributed by atoms with Crippen molar-refractivity contribution in [3.8, 4) is 0 Å². The van der Waals surface area contributed by atoms with E-state index in [1.807, 2.05) is 6.07 Å². The van der Waals surface area contributed by atoms with Crippen molar-refractivity contribution in [3.63, 3.8) is 0 Å². The van der Waals surface area contributed by atoms with Crippen LogP contribution in [0.5, 0.6) is 0 Å². The number of rotatable bonds is 4. The molecule has 150 valence electrons. The molecular weight excluding hydrogens is 403 g/mol. The summed E-state index contributed by atoms with van der Waals surface area (Å²) in [4.78, 5) is 19.4. The second-order valence-corrected chi connectivity index (χ2v) is 8.36. The molecule has 0 spiro atoms. The van der Waals surface area contributed by atoms with Crippen molar-refractivity contribution in [3.05, 3.63) is 24.3 Å². The van der Waals surface area contributed by atoms with Crippen LogP contribution in [0.4, 0.5) is 5.13 Å². The van der Waals surface area contributed by atoms with E-state index in [2.05, 4.69) is 28.4 Å². The van der Waals surface area contributed by atoms with Crippen LogP contribution in [0.1, 0.15) is 38.5 Å². The Morgan fingerprint density at radius 2 is 1.93 bits per heavy atom. The average molecular weight is 431 g/mol. The fraction of sp³-hybridized carbons (Fsp3) is 0.579. The molecule has 1 aromatic heterocycles. The fourth-order valence-electron chi connectivity index (χ4n) is 4.05. The Balaban J connectivity index is 0.00000131. The summed E-state index contributed by atoms with van der Waals surface area (Å²) in [6.07, 6.45) is 5.90. The molecule has 5 nitrogen and oxygen atoms in total. The van der Waals surface area contributed by atoms with Gasteiger partial charge in [-0.3, -0.25) is 4.79 Å². The van der Waals surface area contributed by atoms with Crippen LogP contribution in [0, 0.1) is 5.92 Å². The number of hydrogen-bond donors (Lipinski definition) is 2. The normalized spacial score (nSPS) is 22.9. The predicted molar refractivity (Wildman–Crippen MR) is 117 cm³/mol. The van der Waals surface area contributed by atoms with Crippen LogP contribution in [0.25, 0.3) is 10.2 Å². The number of fused-ring (bicyclic) bond motifs is 1. The molecule has 1 aromatic carbocycles. The number of thiazole rings is 1. The number of piperidine rings is 1. The van der Waals surface area contributed by atoms with Gasteiger partial charge in [0.05, 0.1) is 10.2 Å². The Kier molecular flexibility index (Phi) is 8.16. The first-order valence-corrected chi connectivity index (χ1v) is 10.2. The van der Waals surface area contributed by atoms with E-state index in [9.17, 15) is 4.79 Å². The molecule has 0 bridgehead atoms. The summed E-state index contributed by atoms with van der Waals surface area (Å²) in [7, 11) is 0. The van der Waals surface area contributed by atoms with Crippen LogP contribution in [-0.4, -0.2) is 36.1 Å². The van der Waals surface area contributed by atoms with Crippen LogP contribution in [0.15, 0.2) is 24.3 Å². The number of hydrogen-bond acceptors (Lipinski definition) is 5. The molecule has 8 heteroatoms. The Hall–Kier alpha value is -1.08. The summed E-state index contributed by atoms with van der Waals surface area (Å²) in [6.45, 7) is 1.90. The lowest BCUT2D eigenvalue weighted by Gasteiger charge is -2.32. The maximum atomic E-state index is 12.3. The SMILES string of the molecule is Cl.Cl.N[C@@H]1CCC[C@H]1CC(=O)NC1CCN(c2nc3ccccc3s2)CC1. The maximum absolute atomic E-state index is 12.3. The van der Waals surface area contributed by atoms with E-state index in [1.165, 1.54) is 11.1 Å². The molecule has 1 aliphatic heterocycles. The second kappa shape index (κ2) is 9.92. The summed E-state index contributed by atoms with van der Waals surface area (Å²) >= 11 is 1.75. The zero-order valence-corrected chi connectivity index (χ0v) is 17.8. The van der Waals surface area contributed by atoms with Gasteiger partial charge in [0.2, 0.25) is 5.91 Å². The third kappa shape index (κ3) is 5.25. The molecular formula is C19H28Cl2N4OS. The predicted octanol–water partition coefficient (Wildman–Crippen LogP) is 3.74. The first-order chi connectivity index (χ1) is 12.2. The molecule has 27 heavy (non-hydrogen) atoms. The van der Waals surface area contributed by atoms with Gasteiger partial charge < -0.3 is 16.0 Å². The Morgan fingerprint density at radius 1 is 1.19 bits per heavy atom. The van der Waals surface area contributed by atoms with Gasteiger partial charge in [0.1, 0.15) is 0 Å². The summed E-state index contributed by atoms with van der Waals surface area (Å²) < 4.78 is 1.24. The van der Waals surface area contributed by atoms with Crippen molar-refractivity contribution >= 4 is 57.4 Å². The molecule has 2 heterocycles. The number of nitrogens with one attached hydrogen (secondary N) is 1. The molecule has 0 unspecified atom stereocenters. The third-order valence-corrected chi connectivity index (χ3v) is 6.68. The molecule has 1 saturated heterocycles. The summed E-state index contributed by atoms with van der Waals surface area (Å²) in [5.74, 6) is 0.559. The van der Waals surface area contributed by atoms with Crippen LogP contribution < -0.4 is 16.0 Å². The minimum absolute atomic E-state index is 0. The second-order valence-electron chi connectivity index (χ2n) is 7.35. The van der Waals surface area contributed by atoms with Crippen molar-refractivity contribution < 1.29 is 4.79 Å². The van der Waals surface area contributed by atoms with Gasteiger partial charge in [-0.2, -0.15) is 0 Å². The topological polar surface area (TPSA) is 71.2 Å². The maximum Gasteiger partial charge on any atom is 0.220 e. The van der Waals surface area contributed by atoms with Crippen LogP contribution >= 0.6 is 36.2 Å². The van der Waals surface area contributed by atoms with E-state index >= 15 is 0 Å². The monoisotopic (exact) mass is 430 g/mol. The van der Waals surface area contributed by atoms with E-state index in [0.29, 0.717) is 12.3 Å². The number of anilines is 1. The molecule has 1 amide bonds. The van der Waals surface area contributed by atoms with Gasteiger partial charge in [0.15, 0.2) is 5.13 Å². The summed E-state index contributed by atoms with van der Waals surface area (Å²) in [5.41, 5.74) is 7.16. The number of nitrogens with two attached hydrogens (primary N) is 1. The first kappa shape index (κ1) is 22.2. The number of amides is 1. The highest BCUT2D eigenvalue weighted by atomic mass is 35.5. The Morgan fingerprint density at radius 3 is 2.59 bits per heavy atom. The lowest BCUT2D eigenvalue weighted by molar-refractivity contribution is -0.122. The molecule has 1 aliphatic carbocycles. The molecule has 0 radical (unpaired) electrons. The number of aromatic nitrogens is 1. The molecule has 3 N–H and O–H groups in total. The third-order valence-electron chi connectivity index (χ3n) is 5.58. The lowest BCUT2D eigenvalue weighted by atomic mass is 9.99. The largest absolute Gasteiger partial charge is 0.353 e. The molecule has 2 aliphatic rings. The van der Waals surface area contributed by atoms with Gasteiger partial charge in [-0.25, -0.2) is 4.98 Å². The van der Waals surface area contributed by atoms with Gasteiger partial charge in [-0.1, -0.05) is 29.9 Å². The minimum Gasteiger partial charge on any atom is -0.353 e. The summed E-state index contributed by atoms with van der Waals surface area (Å²) in [6, 6.07) is 8.78. The lowest BCUT2D eigenvalue weighted by Crippen LogP contribution is -2.45. The zero-order chi connectivity index (χ0) is 17.2. The minimum atomic E-state index is 0. The van der Waals surface area contributed by atoms with Gasteiger partial charge >= 0.3 is 0 Å². The van der Waals surface area contributed by atoms with E-state index < -0.39 is 0 Å². The number of carbonyl (C=O) groups excluding carboxylic acids is 1. The van der Waals surface area contributed by atoms with Crippen molar-refractivity contribution in [2.75, 3.05) is 18.0 Å². The van der Waals surface area contributed by atoms with Gasteiger partial charge in [-0.15, -0.1) is 24.8 Å². The standard InChI is InChI=1S/C19H26N4OS.2ClH/c20-15-5-3-4-13(15)12-18(24)21-14-8-10-23(11-9-14)19-22-16-6-1-2-7-17(16)25-19;;/h1-2,6-7,13-15H,3-5,8-12,20H2,(H,21,24);2*1H/t13-,15+;;/m0../s1.